The number of anilines is 1. The summed E-state index contributed by atoms with van der Waals surface area (Å²) < 4.78 is 0. The molecule has 1 aromatic rings. The van der Waals surface area contributed by atoms with E-state index in [9.17, 15) is 0 Å². The zero-order chi connectivity index (χ0) is 12.1. The van der Waals surface area contributed by atoms with Gasteiger partial charge in [0.15, 0.2) is 0 Å². The van der Waals surface area contributed by atoms with Gasteiger partial charge in [0.2, 0.25) is 0 Å². The number of hydrogen-bond acceptors (Lipinski definition) is 4. The maximum Gasteiger partial charge on any atom is 0.144 e. The first-order valence-electron chi connectivity index (χ1n) is 6.14. The van der Waals surface area contributed by atoms with E-state index in [2.05, 4.69) is 21.7 Å². The van der Waals surface area contributed by atoms with Gasteiger partial charge in [0, 0.05) is 18.8 Å². The Morgan fingerprint density at radius 2 is 2.41 bits per heavy atom. The second-order valence-electron chi connectivity index (χ2n) is 4.50. The Labute approximate surface area is 102 Å². The Balaban J connectivity index is 2.12. The molecule has 0 bridgehead atoms. The van der Waals surface area contributed by atoms with Gasteiger partial charge in [-0.15, -0.1) is 0 Å². The fourth-order valence-electron chi connectivity index (χ4n) is 2.14. The quantitative estimate of drug-likeness (QED) is 0.813. The molecule has 0 aliphatic carbocycles. The molecular weight excluding hydrogens is 212 g/mol. The molecule has 0 aromatic carbocycles. The molecule has 0 spiro atoms. The molecule has 17 heavy (non-hydrogen) atoms. The third kappa shape index (κ3) is 2.95. The van der Waals surface area contributed by atoms with Gasteiger partial charge in [0.05, 0.1) is 5.56 Å². The van der Waals surface area contributed by atoms with Crippen LogP contribution >= 0.6 is 0 Å². The van der Waals surface area contributed by atoms with Crippen molar-refractivity contribution in [3.63, 3.8) is 0 Å². The van der Waals surface area contributed by atoms with Crippen LogP contribution in [0, 0.1) is 18.3 Å². The van der Waals surface area contributed by atoms with E-state index < -0.39 is 0 Å². The smallest absolute Gasteiger partial charge is 0.144 e. The maximum absolute atomic E-state index is 9.14. The normalized spacial score (nSPS) is 20.4. The van der Waals surface area contributed by atoms with Gasteiger partial charge >= 0.3 is 0 Å². The Morgan fingerprint density at radius 1 is 1.53 bits per heavy atom. The lowest BCUT2D eigenvalue weighted by atomic mass is 10.1. The molecule has 0 saturated carbocycles. The summed E-state index contributed by atoms with van der Waals surface area (Å²) in [5.41, 5.74) is 1.64. The summed E-state index contributed by atoms with van der Waals surface area (Å²) in [5, 5.41) is 15.9. The highest BCUT2D eigenvalue weighted by Crippen LogP contribution is 2.17. The summed E-state index contributed by atoms with van der Waals surface area (Å²) in [5.74, 6) is 0.723. The SMILES string of the molecule is Cc1ccnc(NC2CCCCNC2)c1C#N. The molecule has 1 aromatic heterocycles. The molecule has 90 valence electrons. The topological polar surface area (TPSA) is 60.7 Å². The largest absolute Gasteiger partial charge is 0.365 e. The molecule has 4 heteroatoms. The summed E-state index contributed by atoms with van der Waals surface area (Å²) in [4.78, 5) is 4.27. The van der Waals surface area contributed by atoms with E-state index in [-0.39, 0.29) is 0 Å². The zero-order valence-electron chi connectivity index (χ0n) is 10.2. The van der Waals surface area contributed by atoms with Gasteiger partial charge in [0.25, 0.3) is 0 Å². The van der Waals surface area contributed by atoms with Gasteiger partial charge in [-0.05, 0) is 37.9 Å². The van der Waals surface area contributed by atoms with Gasteiger partial charge in [-0.2, -0.15) is 5.26 Å². The van der Waals surface area contributed by atoms with E-state index in [0.29, 0.717) is 11.6 Å². The number of nitrogens with one attached hydrogen (secondary N) is 2. The third-order valence-corrected chi connectivity index (χ3v) is 3.16. The average Bonchev–Trinajstić information content (AvgIpc) is 2.58. The van der Waals surface area contributed by atoms with E-state index in [4.69, 9.17) is 5.26 Å². The van der Waals surface area contributed by atoms with Crippen LogP contribution in [0.1, 0.15) is 30.4 Å². The number of nitrogens with zero attached hydrogens (tertiary/aromatic N) is 2. The van der Waals surface area contributed by atoms with Crippen molar-refractivity contribution in [2.45, 2.75) is 32.2 Å². The van der Waals surface area contributed by atoms with E-state index in [1.807, 2.05) is 13.0 Å². The van der Waals surface area contributed by atoms with Gasteiger partial charge in [-0.1, -0.05) is 6.42 Å². The van der Waals surface area contributed by atoms with Crippen LogP contribution < -0.4 is 10.6 Å². The van der Waals surface area contributed by atoms with Gasteiger partial charge in [-0.3, -0.25) is 0 Å². The molecule has 0 radical (unpaired) electrons. The first kappa shape index (κ1) is 11.9. The highest BCUT2D eigenvalue weighted by molar-refractivity contribution is 5.55. The molecule has 2 rings (SSSR count). The lowest BCUT2D eigenvalue weighted by Gasteiger charge is -2.18. The number of aryl methyl sites for hydroxylation is 1. The Morgan fingerprint density at radius 3 is 3.24 bits per heavy atom. The monoisotopic (exact) mass is 230 g/mol. The lowest BCUT2D eigenvalue weighted by Crippen LogP contribution is -2.31. The molecule has 1 fully saturated rings. The molecule has 2 heterocycles. The minimum Gasteiger partial charge on any atom is -0.365 e. The standard InChI is InChI=1S/C13H18N4/c1-10-5-7-16-13(12(10)8-14)17-11-4-2-3-6-15-9-11/h5,7,11,15H,2-4,6,9H2,1H3,(H,16,17). The molecule has 1 atom stereocenters. The van der Waals surface area contributed by atoms with Crippen molar-refractivity contribution in [3.05, 3.63) is 23.4 Å². The second kappa shape index (κ2) is 5.65. The Bertz CT molecular complexity index is 414. The van der Waals surface area contributed by atoms with E-state index in [0.717, 1.165) is 30.9 Å². The van der Waals surface area contributed by atoms with Crippen molar-refractivity contribution >= 4 is 5.82 Å². The summed E-state index contributed by atoms with van der Waals surface area (Å²) in [6.45, 7) is 3.97. The van der Waals surface area contributed by atoms with Crippen LogP contribution in [-0.2, 0) is 0 Å². The zero-order valence-corrected chi connectivity index (χ0v) is 10.2. The van der Waals surface area contributed by atoms with Gasteiger partial charge < -0.3 is 10.6 Å². The molecule has 2 N–H and O–H groups in total. The molecule has 1 unspecified atom stereocenters. The van der Waals surface area contributed by atoms with Crippen molar-refractivity contribution in [1.29, 1.82) is 5.26 Å². The summed E-state index contributed by atoms with van der Waals surface area (Å²) in [7, 11) is 0. The fourth-order valence-corrected chi connectivity index (χ4v) is 2.14. The third-order valence-electron chi connectivity index (χ3n) is 3.16. The number of nitriles is 1. The van der Waals surface area contributed by atoms with Crippen molar-refractivity contribution in [1.82, 2.24) is 10.3 Å². The van der Waals surface area contributed by atoms with Crippen LogP contribution in [0.2, 0.25) is 0 Å². The van der Waals surface area contributed by atoms with E-state index in [1.54, 1.807) is 6.20 Å². The number of hydrogen-bond donors (Lipinski definition) is 2. The van der Waals surface area contributed by atoms with Crippen LogP contribution in [0.5, 0.6) is 0 Å². The van der Waals surface area contributed by atoms with Crippen molar-refractivity contribution in [2.24, 2.45) is 0 Å². The Hall–Kier alpha value is -1.60. The van der Waals surface area contributed by atoms with Crippen molar-refractivity contribution in [3.8, 4) is 6.07 Å². The summed E-state index contributed by atoms with van der Waals surface area (Å²) in [6, 6.07) is 4.47. The molecule has 1 aliphatic rings. The second-order valence-corrected chi connectivity index (χ2v) is 4.50. The number of aromatic nitrogens is 1. The molecular formula is C13H18N4. The van der Waals surface area contributed by atoms with Gasteiger partial charge in [-0.25, -0.2) is 4.98 Å². The number of rotatable bonds is 2. The summed E-state index contributed by atoms with van der Waals surface area (Å²) in [6.07, 6.45) is 5.33. The molecule has 4 nitrogen and oxygen atoms in total. The number of pyridine rings is 1. The van der Waals surface area contributed by atoms with Crippen LogP contribution in [0.4, 0.5) is 5.82 Å². The molecule has 1 aliphatic heterocycles. The average molecular weight is 230 g/mol. The molecule has 0 amide bonds. The first-order chi connectivity index (χ1) is 8.31. The first-order valence-corrected chi connectivity index (χ1v) is 6.14. The Kier molecular flexibility index (Phi) is 3.94. The predicted octanol–water partition coefficient (Wildman–Crippen LogP) is 1.82. The predicted molar refractivity (Wildman–Crippen MR) is 67.8 cm³/mol. The van der Waals surface area contributed by atoms with Crippen LogP contribution in [0.15, 0.2) is 12.3 Å². The van der Waals surface area contributed by atoms with E-state index in [1.165, 1.54) is 12.8 Å². The van der Waals surface area contributed by atoms with Crippen LogP contribution in [-0.4, -0.2) is 24.1 Å². The highest BCUT2D eigenvalue weighted by Gasteiger charge is 2.14. The fraction of sp³-hybridized carbons (Fsp3) is 0.538. The van der Waals surface area contributed by atoms with Crippen LogP contribution in [0.3, 0.4) is 0 Å². The lowest BCUT2D eigenvalue weighted by molar-refractivity contribution is 0.633. The van der Waals surface area contributed by atoms with Crippen LogP contribution in [0.25, 0.3) is 0 Å². The minimum atomic E-state index is 0.374. The maximum atomic E-state index is 9.14. The summed E-state index contributed by atoms with van der Waals surface area (Å²) >= 11 is 0. The van der Waals surface area contributed by atoms with E-state index >= 15 is 0 Å². The van der Waals surface area contributed by atoms with Gasteiger partial charge in [0.1, 0.15) is 11.9 Å². The van der Waals surface area contributed by atoms with Crippen molar-refractivity contribution < 1.29 is 0 Å². The minimum absolute atomic E-state index is 0.374. The highest BCUT2D eigenvalue weighted by atomic mass is 15.0. The van der Waals surface area contributed by atoms with Crippen molar-refractivity contribution in [2.75, 3.05) is 18.4 Å². The molecule has 1 saturated heterocycles.